The van der Waals surface area contributed by atoms with Crippen LogP contribution in [0.2, 0.25) is 0 Å². The number of aromatic nitrogens is 3. The number of aryl methyl sites for hydroxylation is 1. The number of carbonyl (C=O) groups is 2. The molecule has 0 aliphatic carbocycles. The summed E-state index contributed by atoms with van der Waals surface area (Å²) >= 11 is 1.54. The number of benzene rings is 2. The molecule has 10 nitrogen and oxygen atoms in total. The number of thiazole rings is 1. The molecule has 1 spiro atoms. The molecule has 6 heterocycles. The number of para-hydroxylation sites is 1. The van der Waals surface area contributed by atoms with E-state index in [1.165, 1.54) is 0 Å². The topological polar surface area (TPSA) is 113 Å². The van der Waals surface area contributed by atoms with Gasteiger partial charge in [0.1, 0.15) is 5.69 Å². The van der Waals surface area contributed by atoms with Crippen molar-refractivity contribution in [3.63, 3.8) is 0 Å². The highest BCUT2D eigenvalue weighted by molar-refractivity contribution is 7.09. The highest BCUT2D eigenvalue weighted by Gasteiger charge is 2.53. The van der Waals surface area contributed by atoms with E-state index >= 15 is 0 Å². The first-order valence-electron chi connectivity index (χ1n) is 15.7. The summed E-state index contributed by atoms with van der Waals surface area (Å²) < 4.78 is 12.7. The van der Waals surface area contributed by atoms with Crippen LogP contribution in [0.1, 0.15) is 52.3 Å². The number of aromatic amines is 1. The summed E-state index contributed by atoms with van der Waals surface area (Å²) in [5.41, 5.74) is 4.10. The van der Waals surface area contributed by atoms with Crippen molar-refractivity contribution in [1.29, 1.82) is 0 Å². The summed E-state index contributed by atoms with van der Waals surface area (Å²) in [4.78, 5) is 35.9. The molecule has 11 heteroatoms. The second kappa shape index (κ2) is 12.6. The highest BCUT2D eigenvalue weighted by Crippen LogP contribution is 2.52. The lowest BCUT2D eigenvalue weighted by Gasteiger charge is -2.40. The fraction of sp³-hybridized carbons (Fsp3) is 0.412. The average molecular weight is 627 g/mol. The summed E-state index contributed by atoms with van der Waals surface area (Å²) in [6.45, 7) is 5.86. The molecule has 2 atom stereocenters. The van der Waals surface area contributed by atoms with E-state index in [0.717, 1.165) is 58.2 Å². The zero-order valence-electron chi connectivity index (χ0n) is 25.5. The summed E-state index contributed by atoms with van der Waals surface area (Å²) in [5, 5.41) is 13.5. The Hall–Kier alpha value is -4.22. The molecule has 1 saturated heterocycles. The number of nitrogens with zero attached hydrogens (tertiary/aromatic N) is 4. The Kier molecular flexibility index (Phi) is 8.29. The Labute approximate surface area is 266 Å². The zero-order chi connectivity index (χ0) is 30.8. The van der Waals surface area contributed by atoms with E-state index in [2.05, 4.69) is 50.5 Å². The fourth-order valence-corrected chi connectivity index (χ4v) is 7.74. The van der Waals surface area contributed by atoms with Gasteiger partial charge in [-0.05, 0) is 30.9 Å². The van der Waals surface area contributed by atoms with E-state index in [0.29, 0.717) is 51.6 Å². The number of hydrogen-bond acceptors (Lipinski definition) is 8. The van der Waals surface area contributed by atoms with Gasteiger partial charge in [-0.2, -0.15) is 5.10 Å². The predicted molar refractivity (Wildman–Crippen MR) is 172 cm³/mol. The molecule has 2 amide bonds. The van der Waals surface area contributed by atoms with E-state index in [-0.39, 0.29) is 24.3 Å². The van der Waals surface area contributed by atoms with Crippen LogP contribution in [0.25, 0.3) is 11.3 Å². The number of hydrogen-bond donors (Lipinski definition) is 2. The van der Waals surface area contributed by atoms with E-state index in [9.17, 15) is 9.59 Å². The first-order chi connectivity index (χ1) is 22.0. The monoisotopic (exact) mass is 626 g/mol. The molecule has 4 bridgehead atoms. The predicted octanol–water partition coefficient (Wildman–Crippen LogP) is 4.51. The average Bonchev–Trinajstić information content (AvgIpc) is 3.81. The van der Waals surface area contributed by atoms with Crippen LogP contribution in [0, 0.1) is 5.41 Å². The maximum absolute atomic E-state index is 13.7. The number of amides is 2. The van der Waals surface area contributed by atoms with E-state index in [1.807, 2.05) is 46.8 Å². The number of rotatable bonds is 6. The van der Waals surface area contributed by atoms with E-state index in [1.54, 1.807) is 11.3 Å². The SMILES string of the molecule is CCCc1nc(C(=O)N2C[C@H]3c4cccc5c4OC[C@@]3(CNC(=O)CN(Cc3cn[nH]c3-c3ccccc3)CCCO5)C2)cs1. The van der Waals surface area contributed by atoms with Crippen molar-refractivity contribution >= 4 is 23.2 Å². The third kappa shape index (κ3) is 5.94. The number of ether oxygens (including phenoxy) is 2. The largest absolute Gasteiger partial charge is 0.490 e. The molecule has 0 unspecified atom stereocenters. The van der Waals surface area contributed by atoms with Gasteiger partial charge in [0.25, 0.3) is 5.91 Å². The van der Waals surface area contributed by atoms with Gasteiger partial charge in [-0.3, -0.25) is 19.6 Å². The van der Waals surface area contributed by atoms with Gasteiger partial charge in [-0.1, -0.05) is 49.4 Å². The van der Waals surface area contributed by atoms with Crippen molar-refractivity contribution < 1.29 is 19.1 Å². The summed E-state index contributed by atoms with van der Waals surface area (Å²) in [5.74, 6) is 1.34. The van der Waals surface area contributed by atoms with Gasteiger partial charge in [-0.25, -0.2) is 4.98 Å². The number of likely N-dealkylation sites (tertiary alicyclic amines) is 1. The van der Waals surface area contributed by atoms with Crippen LogP contribution >= 0.6 is 11.3 Å². The lowest BCUT2D eigenvalue weighted by molar-refractivity contribution is -0.123. The molecule has 0 radical (unpaired) electrons. The molecular formula is C34H38N6O4S. The minimum absolute atomic E-state index is 0.0128. The van der Waals surface area contributed by atoms with Crippen LogP contribution in [0.5, 0.6) is 11.5 Å². The minimum Gasteiger partial charge on any atom is -0.490 e. The van der Waals surface area contributed by atoms with E-state index in [4.69, 9.17) is 9.47 Å². The van der Waals surface area contributed by atoms with Crippen LogP contribution in [-0.2, 0) is 17.8 Å². The number of H-pyrrole nitrogens is 1. The maximum Gasteiger partial charge on any atom is 0.273 e. The molecule has 2 N–H and O–H groups in total. The fourth-order valence-electron chi connectivity index (χ4n) is 6.86. The van der Waals surface area contributed by atoms with Gasteiger partial charge in [-0.15, -0.1) is 11.3 Å². The third-order valence-corrected chi connectivity index (χ3v) is 10.0. The van der Waals surface area contributed by atoms with Gasteiger partial charge < -0.3 is 19.7 Å². The minimum atomic E-state index is -0.473. The van der Waals surface area contributed by atoms with Crippen LogP contribution in [0.4, 0.5) is 0 Å². The molecular weight excluding hydrogens is 588 g/mol. The normalized spacial score (nSPS) is 21.8. The molecule has 4 aromatic rings. The Morgan fingerprint density at radius 3 is 2.91 bits per heavy atom. The number of nitrogens with one attached hydrogen (secondary N) is 2. The molecule has 2 aromatic heterocycles. The Balaban J connectivity index is 1.14. The number of carbonyl (C=O) groups excluding carboxylic acids is 2. The van der Waals surface area contributed by atoms with Gasteiger partial charge in [0.05, 0.1) is 36.7 Å². The van der Waals surface area contributed by atoms with Crippen molar-refractivity contribution in [2.24, 2.45) is 5.41 Å². The highest BCUT2D eigenvalue weighted by atomic mass is 32.1. The second-order valence-electron chi connectivity index (χ2n) is 12.3. The Morgan fingerprint density at radius 2 is 2.04 bits per heavy atom. The van der Waals surface area contributed by atoms with Crippen LogP contribution in [0.15, 0.2) is 60.1 Å². The summed E-state index contributed by atoms with van der Waals surface area (Å²) in [6, 6.07) is 16.1. The number of fused-ring (bicyclic) bond motifs is 9. The lowest BCUT2D eigenvalue weighted by atomic mass is 9.73. The van der Waals surface area contributed by atoms with E-state index < -0.39 is 5.41 Å². The van der Waals surface area contributed by atoms with Gasteiger partial charge >= 0.3 is 0 Å². The van der Waals surface area contributed by atoms with Crippen molar-refractivity contribution in [3.05, 3.63) is 81.9 Å². The lowest BCUT2D eigenvalue weighted by Crippen LogP contribution is -2.50. The molecule has 45 heavy (non-hydrogen) atoms. The Bertz CT molecular complexity index is 1670. The van der Waals surface area contributed by atoms with Gasteiger partial charge in [0.2, 0.25) is 5.91 Å². The Morgan fingerprint density at radius 1 is 1.16 bits per heavy atom. The van der Waals surface area contributed by atoms with Crippen molar-refractivity contribution in [2.75, 3.05) is 45.9 Å². The van der Waals surface area contributed by atoms with Gasteiger partial charge in [0.15, 0.2) is 11.5 Å². The summed E-state index contributed by atoms with van der Waals surface area (Å²) in [7, 11) is 0. The zero-order valence-corrected chi connectivity index (χ0v) is 26.3. The third-order valence-electron chi connectivity index (χ3n) is 9.11. The van der Waals surface area contributed by atoms with Crippen molar-refractivity contribution in [3.8, 4) is 22.8 Å². The van der Waals surface area contributed by atoms with Crippen LogP contribution < -0.4 is 14.8 Å². The van der Waals surface area contributed by atoms with Crippen molar-refractivity contribution in [1.82, 2.24) is 30.3 Å². The van der Waals surface area contributed by atoms with Crippen LogP contribution in [-0.4, -0.2) is 82.7 Å². The first-order valence-corrected chi connectivity index (χ1v) is 16.6. The molecule has 1 fully saturated rings. The summed E-state index contributed by atoms with van der Waals surface area (Å²) in [6.07, 6.45) is 4.43. The van der Waals surface area contributed by atoms with Crippen LogP contribution in [0.3, 0.4) is 0 Å². The van der Waals surface area contributed by atoms with Crippen molar-refractivity contribution in [2.45, 2.75) is 38.6 Å². The quantitative estimate of drug-likeness (QED) is 0.324. The smallest absolute Gasteiger partial charge is 0.273 e. The molecule has 2 aromatic carbocycles. The van der Waals surface area contributed by atoms with Gasteiger partial charge in [0, 0.05) is 60.6 Å². The molecule has 234 valence electrons. The first kappa shape index (κ1) is 29.5. The molecule has 4 aliphatic rings. The second-order valence-corrected chi connectivity index (χ2v) is 13.2. The molecule has 4 aliphatic heterocycles. The molecule has 0 saturated carbocycles. The molecule has 8 rings (SSSR count). The maximum atomic E-state index is 13.7. The standard InChI is InChI=1S/C34H38N6O4S/c1-2-8-30-37-27(19-45-30)33(42)40-17-26-25-11-6-12-28-32(25)44-22-34(26,21-40)20-35-29(41)18-39(13-7-14-43-28)16-24-15-36-38-31(24)23-9-4-3-5-10-23/h3-6,9-12,15,19,26H,2,7-8,13-14,16-18,20-22H2,1H3,(H,35,41)(H,36,38)/t26-,34+/m0/s1.